The average molecular weight is 232 g/mol. The van der Waals surface area contributed by atoms with Gasteiger partial charge in [-0.15, -0.1) is 13.2 Å². The molecule has 86 valence electrons. The minimum atomic E-state index is -4.89. The topological polar surface area (TPSA) is 98.0 Å². The van der Waals surface area contributed by atoms with Crippen LogP contribution < -0.4 is 16.2 Å². The second kappa shape index (κ2) is 4.14. The van der Waals surface area contributed by atoms with E-state index in [1.807, 2.05) is 0 Å². The van der Waals surface area contributed by atoms with Gasteiger partial charge in [0.15, 0.2) is 5.82 Å². The average Bonchev–Trinajstić information content (AvgIpc) is 2.11. The van der Waals surface area contributed by atoms with Crippen molar-refractivity contribution in [3.8, 4) is 11.9 Å². The number of nitrogen functional groups attached to an aromatic ring is 2. The van der Waals surface area contributed by atoms with Crippen LogP contribution in [0, 0.1) is 11.3 Å². The van der Waals surface area contributed by atoms with Gasteiger partial charge in [-0.05, 0) is 6.07 Å². The Labute approximate surface area is 88.4 Å². The van der Waals surface area contributed by atoms with Crippen LogP contribution in [0.15, 0.2) is 6.07 Å². The first kappa shape index (κ1) is 11.9. The van der Waals surface area contributed by atoms with E-state index in [9.17, 15) is 13.2 Å². The van der Waals surface area contributed by atoms with Crippen LogP contribution in [0.5, 0.6) is 5.88 Å². The molecule has 1 aromatic rings. The summed E-state index contributed by atoms with van der Waals surface area (Å²) >= 11 is 0. The highest BCUT2D eigenvalue weighted by Crippen LogP contribution is 2.28. The van der Waals surface area contributed by atoms with Gasteiger partial charge >= 0.3 is 6.36 Å². The van der Waals surface area contributed by atoms with E-state index in [4.69, 9.17) is 16.7 Å². The zero-order chi connectivity index (χ0) is 12.3. The van der Waals surface area contributed by atoms with Crippen molar-refractivity contribution in [3.05, 3.63) is 11.6 Å². The van der Waals surface area contributed by atoms with Gasteiger partial charge < -0.3 is 16.2 Å². The fourth-order valence-electron chi connectivity index (χ4n) is 0.979. The summed E-state index contributed by atoms with van der Waals surface area (Å²) in [6.07, 6.45) is -5.19. The molecular formula is C8H7F3N4O. The molecule has 0 aliphatic carbocycles. The van der Waals surface area contributed by atoms with Crippen LogP contribution in [0.1, 0.15) is 5.56 Å². The molecule has 1 rings (SSSR count). The normalized spacial score (nSPS) is 10.9. The predicted molar refractivity (Wildman–Crippen MR) is 49.1 cm³/mol. The van der Waals surface area contributed by atoms with E-state index in [1.54, 1.807) is 6.07 Å². The first-order valence-electron chi connectivity index (χ1n) is 4.01. The summed E-state index contributed by atoms with van der Waals surface area (Å²) in [6, 6.07) is 2.80. The zero-order valence-electron chi connectivity index (χ0n) is 7.88. The second-order valence-corrected chi connectivity index (χ2v) is 2.81. The maximum absolute atomic E-state index is 12.0. The van der Waals surface area contributed by atoms with Crippen molar-refractivity contribution >= 4 is 11.5 Å². The van der Waals surface area contributed by atoms with Crippen molar-refractivity contribution in [2.45, 2.75) is 12.8 Å². The van der Waals surface area contributed by atoms with Gasteiger partial charge in [0.1, 0.15) is 0 Å². The molecule has 4 N–H and O–H groups in total. The lowest BCUT2D eigenvalue weighted by Gasteiger charge is -2.12. The maximum Gasteiger partial charge on any atom is 0.574 e. The molecule has 0 aromatic carbocycles. The monoisotopic (exact) mass is 232 g/mol. The SMILES string of the molecule is N#CCc1cc(N)c(N)nc1OC(F)(F)F. The molecule has 0 bridgehead atoms. The van der Waals surface area contributed by atoms with E-state index >= 15 is 0 Å². The first-order chi connectivity index (χ1) is 7.33. The second-order valence-electron chi connectivity index (χ2n) is 2.81. The molecule has 0 amide bonds. The predicted octanol–water partition coefficient (Wildman–Crippen LogP) is 1.21. The highest BCUT2D eigenvalue weighted by Gasteiger charge is 2.33. The van der Waals surface area contributed by atoms with E-state index in [1.165, 1.54) is 0 Å². The molecule has 0 atom stereocenters. The van der Waals surface area contributed by atoms with Crippen LogP contribution in [0.3, 0.4) is 0 Å². The van der Waals surface area contributed by atoms with E-state index in [0.29, 0.717) is 0 Å². The minimum Gasteiger partial charge on any atom is -0.396 e. The maximum atomic E-state index is 12.0. The molecule has 0 saturated carbocycles. The third-order valence-electron chi connectivity index (χ3n) is 1.60. The fraction of sp³-hybridized carbons (Fsp3) is 0.250. The smallest absolute Gasteiger partial charge is 0.396 e. The summed E-state index contributed by atoms with van der Waals surface area (Å²) in [5, 5.41) is 8.42. The van der Waals surface area contributed by atoms with Crippen molar-refractivity contribution in [2.75, 3.05) is 11.5 Å². The molecule has 1 aromatic heterocycles. The van der Waals surface area contributed by atoms with Gasteiger partial charge in [-0.1, -0.05) is 0 Å². The standard InChI is InChI=1S/C8H7F3N4O/c9-8(10,11)16-7-4(1-2-12)3-5(13)6(14)15-7/h3H,1,13H2,(H2,14,15). The van der Waals surface area contributed by atoms with Gasteiger partial charge in [-0.25, -0.2) is 0 Å². The molecule has 0 radical (unpaired) electrons. The number of aromatic nitrogens is 1. The number of rotatable bonds is 2. The summed E-state index contributed by atoms with van der Waals surface area (Å²) in [4.78, 5) is 3.34. The molecule has 5 nitrogen and oxygen atoms in total. The highest BCUT2D eigenvalue weighted by molar-refractivity contribution is 5.61. The van der Waals surface area contributed by atoms with Gasteiger partial charge in [0.25, 0.3) is 0 Å². The van der Waals surface area contributed by atoms with Gasteiger partial charge in [-0.2, -0.15) is 10.2 Å². The van der Waals surface area contributed by atoms with Crippen LogP contribution in [-0.4, -0.2) is 11.3 Å². The molecule has 1 heterocycles. The molecular weight excluding hydrogens is 225 g/mol. The summed E-state index contributed by atoms with van der Waals surface area (Å²) in [5.41, 5.74) is 10.5. The Morgan fingerprint density at radius 1 is 1.44 bits per heavy atom. The molecule has 0 saturated heterocycles. The summed E-state index contributed by atoms with van der Waals surface area (Å²) in [6.45, 7) is 0. The first-order valence-corrected chi connectivity index (χ1v) is 4.01. The number of halogens is 3. The molecule has 8 heteroatoms. The van der Waals surface area contributed by atoms with Gasteiger partial charge in [0.05, 0.1) is 18.2 Å². The number of hydrogen-bond donors (Lipinski definition) is 2. The number of nitrogens with zero attached hydrogens (tertiary/aromatic N) is 2. The van der Waals surface area contributed by atoms with E-state index in [0.717, 1.165) is 6.07 Å². The molecule has 0 fully saturated rings. The Bertz CT molecular complexity index is 438. The van der Waals surface area contributed by atoms with Crippen LogP contribution in [0.25, 0.3) is 0 Å². The number of hydrogen-bond acceptors (Lipinski definition) is 5. The van der Waals surface area contributed by atoms with E-state index < -0.39 is 12.2 Å². The quantitative estimate of drug-likeness (QED) is 0.798. The zero-order valence-corrected chi connectivity index (χ0v) is 7.88. The number of nitrogens with two attached hydrogens (primary N) is 2. The summed E-state index contributed by atoms with van der Waals surface area (Å²) < 4.78 is 39.6. The lowest BCUT2D eigenvalue weighted by atomic mass is 10.2. The van der Waals surface area contributed by atoms with Crippen LogP contribution in [-0.2, 0) is 6.42 Å². The Balaban J connectivity index is 3.15. The number of alkyl halides is 3. The Morgan fingerprint density at radius 3 is 2.56 bits per heavy atom. The molecule has 0 spiro atoms. The van der Waals surface area contributed by atoms with Crippen LogP contribution in [0.2, 0.25) is 0 Å². The van der Waals surface area contributed by atoms with Crippen molar-refractivity contribution in [1.82, 2.24) is 4.98 Å². The van der Waals surface area contributed by atoms with Crippen molar-refractivity contribution < 1.29 is 17.9 Å². The molecule has 0 aliphatic rings. The molecule has 0 aliphatic heterocycles. The Kier molecular flexibility index (Phi) is 3.08. The number of anilines is 2. The fourth-order valence-corrected chi connectivity index (χ4v) is 0.979. The number of ether oxygens (including phenoxy) is 1. The third kappa shape index (κ3) is 2.91. The van der Waals surface area contributed by atoms with Crippen molar-refractivity contribution in [2.24, 2.45) is 0 Å². The van der Waals surface area contributed by atoms with Crippen molar-refractivity contribution in [3.63, 3.8) is 0 Å². The minimum absolute atomic E-state index is 0.000209. The van der Waals surface area contributed by atoms with Gasteiger partial charge in [0.2, 0.25) is 5.88 Å². The summed E-state index contributed by atoms with van der Waals surface area (Å²) in [5.74, 6) is -1.03. The molecule has 16 heavy (non-hydrogen) atoms. The van der Waals surface area contributed by atoms with Crippen LogP contribution in [0.4, 0.5) is 24.7 Å². The Morgan fingerprint density at radius 2 is 2.06 bits per heavy atom. The van der Waals surface area contributed by atoms with E-state index in [2.05, 4.69) is 9.72 Å². The van der Waals surface area contributed by atoms with E-state index in [-0.39, 0.29) is 23.5 Å². The molecule has 0 unspecified atom stereocenters. The highest BCUT2D eigenvalue weighted by atomic mass is 19.4. The van der Waals surface area contributed by atoms with Gasteiger partial charge in [-0.3, -0.25) is 0 Å². The Hall–Kier alpha value is -2.17. The van der Waals surface area contributed by atoms with Crippen molar-refractivity contribution in [1.29, 1.82) is 5.26 Å². The lowest BCUT2D eigenvalue weighted by molar-refractivity contribution is -0.276. The third-order valence-corrected chi connectivity index (χ3v) is 1.60. The summed E-state index contributed by atoms with van der Waals surface area (Å²) in [7, 11) is 0. The number of nitriles is 1. The number of pyridine rings is 1. The lowest BCUT2D eigenvalue weighted by Crippen LogP contribution is -2.19. The largest absolute Gasteiger partial charge is 0.574 e. The van der Waals surface area contributed by atoms with Gasteiger partial charge in [0, 0.05) is 5.56 Å². The van der Waals surface area contributed by atoms with Crippen LogP contribution >= 0.6 is 0 Å².